The number of rotatable bonds is 2. The molecular weight excluding hydrogens is 172 g/mol. The molecule has 0 atom stereocenters. The highest BCUT2D eigenvalue weighted by Gasteiger charge is 2.12. The zero-order valence-electron chi connectivity index (χ0n) is 9.01. The number of fused-ring (bicyclic) bond motifs is 1. The van der Waals surface area contributed by atoms with Gasteiger partial charge in [0.25, 0.3) is 0 Å². The van der Waals surface area contributed by atoms with E-state index in [-0.39, 0.29) is 0 Å². The molecule has 0 fully saturated rings. The summed E-state index contributed by atoms with van der Waals surface area (Å²) in [7, 11) is 4.18. The molecule has 1 aromatic rings. The number of hydrogen-bond donors (Lipinski definition) is 1. The van der Waals surface area contributed by atoms with Crippen LogP contribution >= 0.6 is 0 Å². The van der Waals surface area contributed by atoms with Crippen LogP contribution in [0.15, 0.2) is 18.2 Å². The summed E-state index contributed by atoms with van der Waals surface area (Å²) in [6, 6.07) is 6.86. The van der Waals surface area contributed by atoms with Crippen molar-refractivity contribution in [2.75, 3.05) is 20.6 Å². The Balaban J connectivity index is 2.24. The van der Waals surface area contributed by atoms with E-state index in [0.717, 1.165) is 13.1 Å². The average molecular weight is 190 g/mol. The second-order valence-corrected chi connectivity index (χ2v) is 4.12. The minimum absolute atomic E-state index is 0.969. The SMILES string of the molecule is CNCc1ccc2c(c1)CN(C)CC2. The van der Waals surface area contributed by atoms with Crippen molar-refractivity contribution in [3.63, 3.8) is 0 Å². The molecule has 14 heavy (non-hydrogen) atoms. The van der Waals surface area contributed by atoms with Gasteiger partial charge in [-0.1, -0.05) is 18.2 Å². The molecule has 0 saturated heterocycles. The van der Waals surface area contributed by atoms with Gasteiger partial charge in [0, 0.05) is 19.6 Å². The second-order valence-electron chi connectivity index (χ2n) is 4.12. The van der Waals surface area contributed by atoms with E-state index in [1.54, 1.807) is 0 Å². The summed E-state index contributed by atoms with van der Waals surface area (Å²) >= 11 is 0. The predicted molar refractivity (Wildman–Crippen MR) is 59.2 cm³/mol. The van der Waals surface area contributed by atoms with Gasteiger partial charge < -0.3 is 10.2 Å². The van der Waals surface area contributed by atoms with E-state index in [9.17, 15) is 0 Å². The predicted octanol–water partition coefficient (Wildman–Crippen LogP) is 1.39. The van der Waals surface area contributed by atoms with Crippen LogP contribution in [-0.2, 0) is 19.5 Å². The number of benzene rings is 1. The van der Waals surface area contributed by atoms with Crippen molar-refractivity contribution in [2.45, 2.75) is 19.5 Å². The van der Waals surface area contributed by atoms with Crippen molar-refractivity contribution in [1.29, 1.82) is 0 Å². The Hall–Kier alpha value is -0.860. The van der Waals surface area contributed by atoms with Crippen molar-refractivity contribution in [3.8, 4) is 0 Å². The zero-order chi connectivity index (χ0) is 9.97. The Morgan fingerprint density at radius 2 is 2.21 bits per heavy atom. The molecule has 2 rings (SSSR count). The minimum Gasteiger partial charge on any atom is -0.316 e. The van der Waals surface area contributed by atoms with Crippen LogP contribution in [0, 0.1) is 0 Å². The van der Waals surface area contributed by atoms with Crippen LogP contribution in [0.1, 0.15) is 16.7 Å². The highest BCUT2D eigenvalue weighted by Crippen LogP contribution is 2.19. The lowest BCUT2D eigenvalue weighted by molar-refractivity contribution is 0.313. The molecule has 2 heteroatoms. The van der Waals surface area contributed by atoms with Gasteiger partial charge in [-0.25, -0.2) is 0 Å². The number of nitrogens with zero attached hydrogens (tertiary/aromatic N) is 1. The van der Waals surface area contributed by atoms with Crippen LogP contribution in [0.4, 0.5) is 0 Å². The number of hydrogen-bond acceptors (Lipinski definition) is 2. The Bertz CT molecular complexity index is 320. The standard InChI is InChI=1S/C12H18N2/c1-13-8-10-3-4-11-5-6-14(2)9-12(11)7-10/h3-4,7,13H,5-6,8-9H2,1-2H3. The molecule has 0 bridgehead atoms. The van der Waals surface area contributed by atoms with Gasteiger partial charge in [0.2, 0.25) is 0 Å². The zero-order valence-corrected chi connectivity index (χ0v) is 9.01. The van der Waals surface area contributed by atoms with Crippen molar-refractivity contribution in [1.82, 2.24) is 10.2 Å². The first kappa shape index (κ1) is 9.69. The molecule has 76 valence electrons. The molecular formula is C12H18N2. The lowest BCUT2D eigenvalue weighted by atomic mass is 9.98. The van der Waals surface area contributed by atoms with E-state index < -0.39 is 0 Å². The highest BCUT2D eigenvalue weighted by molar-refractivity contribution is 5.33. The maximum absolute atomic E-state index is 3.19. The molecule has 0 unspecified atom stereocenters. The molecule has 2 nitrogen and oxygen atoms in total. The van der Waals surface area contributed by atoms with Crippen LogP contribution in [-0.4, -0.2) is 25.5 Å². The van der Waals surface area contributed by atoms with Crippen LogP contribution in [0.25, 0.3) is 0 Å². The maximum Gasteiger partial charge on any atom is 0.0233 e. The summed E-state index contributed by atoms with van der Waals surface area (Å²) in [5, 5.41) is 3.19. The van der Waals surface area contributed by atoms with Crippen molar-refractivity contribution in [2.24, 2.45) is 0 Å². The Morgan fingerprint density at radius 3 is 3.00 bits per heavy atom. The first-order chi connectivity index (χ1) is 6.79. The van der Waals surface area contributed by atoms with Crippen molar-refractivity contribution < 1.29 is 0 Å². The van der Waals surface area contributed by atoms with Gasteiger partial charge in [-0.3, -0.25) is 0 Å². The molecule has 1 aromatic carbocycles. The Morgan fingerprint density at radius 1 is 1.36 bits per heavy atom. The Kier molecular flexibility index (Phi) is 2.85. The third-order valence-corrected chi connectivity index (χ3v) is 2.85. The summed E-state index contributed by atoms with van der Waals surface area (Å²) in [5.41, 5.74) is 4.43. The summed E-state index contributed by atoms with van der Waals surface area (Å²) in [5.74, 6) is 0. The molecule has 1 N–H and O–H groups in total. The van der Waals surface area contributed by atoms with Crippen LogP contribution in [0.2, 0.25) is 0 Å². The van der Waals surface area contributed by atoms with Crippen LogP contribution < -0.4 is 5.32 Å². The van der Waals surface area contributed by atoms with Crippen molar-refractivity contribution in [3.05, 3.63) is 34.9 Å². The van der Waals surface area contributed by atoms with E-state index in [1.165, 1.54) is 29.7 Å². The van der Waals surface area contributed by atoms with E-state index in [4.69, 9.17) is 0 Å². The molecule has 0 amide bonds. The molecule has 0 radical (unpaired) electrons. The molecule has 0 saturated carbocycles. The Labute approximate surface area is 85.9 Å². The third kappa shape index (κ3) is 1.97. The highest BCUT2D eigenvalue weighted by atomic mass is 15.1. The molecule has 1 heterocycles. The van der Waals surface area contributed by atoms with E-state index in [2.05, 4.69) is 35.5 Å². The minimum atomic E-state index is 0.969. The summed E-state index contributed by atoms with van der Waals surface area (Å²) in [6.07, 6.45) is 1.20. The van der Waals surface area contributed by atoms with Crippen LogP contribution in [0.5, 0.6) is 0 Å². The second kappa shape index (κ2) is 4.11. The van der Waals surface area contributed by atoms with Gasteiger partial charge in [-0.05, 0) is 37.2 Å². The van der Waals surface area contributed by atoms with Crippen LogP contribution in [0.3, 0.4) is 0 Å². The first-order valence-electron chi connectivity index (χ1n) is 5.23. The fourth-order valence-corrected chi connectivity index (χ4v) is 2.07. The first-order valence-corrected chi connectivity index (χ1v) is 5.23. The number of likely N-dealkylation sites (N-methyl/N-ethyl adjacent to an activating group) is 1. The normalized spacial score (nSPS) is 16.7. The average Bonchev–Trinajstić information content (AvgIpc) is 2.17. The van der Waals surface area contributed by atoms with Gasteiger partial charge in [0.05, 0.1) is 0 Å². The summed E-state index contributed by atoms with van der Waals surface area (Å²) in [6.45, 7) is 3.27. The van der Waals surface area contributed by atoms with E-state index in [1.807, 2.05) is 7.05 Å². The summed E-state index contributed by atoms with van der Waals surface area (Å²) < 4.78 is 0. The molecule has 0 aromatic heterocycles. The van der Waals surface area contributed by atoms with Gasteiger partial charge in [0.1, 0.15) is 0 Å². The van der Waals surface area contributed by atoms with E-state index in [0.29, 0.717) is 0 Å². The molecule has 0 aliphatic carbocycles. The summed E-state index contributed by atoms with van der Waals surface area (Å²) in [4.78, 5) is 2.38. The van der Waals surface area contributed by atoms with Gasteiger partial charge in [-0.15, -0.1) is 0 Å². The fourth-order valence-electron chi connectivity index (χ4n) is 2.07. The van der Waals surface area contributed by atoms with E-state index >= 15 is 0 Å². The van der Waals surface area contributed by atoms with Gasteiger partial charge >= 0.3 is 0 Å². The molecule has 1 aliphatic heterocycles. The van der Waals surface area contributed by atoms with Gasteiger partial charge in [-0.2, -0.15) is 0 Å². The molecule has 0 spiro atoms. The van der Waals surface area contributed by atoms with Gasteiger partial charge in [0.15, 0.2) is 0 Å². The largest absolute Gasteiger partial charge is 0.316 e. The fraction of sp³-hybridized carbons (Fsp3) is 0.500. The smallest absolute Gasteiger partial charge is 0.0233 e. The van der Waals surface area contributed by atoms with Crippen molar-refractivity contribution >= 4 is 0 Å². The maximum atomic E-state index is 3.19. The number of nitrogens with one attached hydrogen (secondary N) is 1. The molecule has 1 aliphatic rings. The topological polar surface area (TPSA) is 15.3 Å². The monoisotopic (exact) mass is 190 g/mol. The lowest BCUT2D eigenvalue weighted by Gasteiger charge is -2.25. The third-order valence-electron chi connectivity index (χ3n) is 2.85. The lowest BCUT2D eigenvalue weighted by Crippen LogP contribution is -2.26. The quantitative estimate of drug-likeness (QED) is 0.758.